The van der Waals surface area contributed by atoms with E-state index < -0.39 is 46.8 Å². The molecule has 194 valence electrons. The molecule has 37 heavy (non-hydrogen) atoms. The first-order chi connectivity index (χ1) is 17.4. The number of nitrogens with one attached hydrogen (secondary N) is 1. The van der Waals surface area contributed by atoms with Gasteiger partial charge in [0, 0.05) is 11.6 Å². The largest absolute Gasteiger partial charge is 0.428 e. The summed E-state index contributed by atoms with van der Waals surface area (Å²) in [4.78, 5) is 18.8. The number of benzene rings is 1. The number of nitrogens with two attached hydrogens (primary N) is 1. The molecule has 3 heterocycles. The Bertz CT molecular complexity index is 1450. The van der Waals surface area contributed by atoms with Crippen LogP contribution >= 0.6 is 11.6 Å². The molecule has 0 fully saturated rings. The normalized spacial score (nSPS) is 13.4. The van der Waals surface area contributed by atoms with Gasteiger partial charge < -0.3 is 20.7 Å². The van der Waals surface area contributed by atoms with E-state index in [0.717, 1.165) is 0 Å². The van der Waals surface area contributed by atoms with Crippen molar-refractivity contribution in [3.63, 3.8) is 0 Å². The summed E-state index contributed by atoms with van der Waals surface area (Å²) in [7, 11) is 0. The summed E-state index contributed by atoms with van der Waals surface area (Å²) in [5, 5.41) is 18.9. The first-order valence-corrected chi connectivity index (χ1v) is 10.6. The van der Waals surface area contributed by atoms with Gasteiger partial charge in [-0.1, -0.05) is 35.0 Å². The van der Waals surface area contributed by atoms with Gasteiger partial charge in [-0.25, -0.2) is 14.4 Å². The highest BCUT2D eigenvalue weighted by Crippen LogP contribution is 2.32. The van der Waals surface area contributed by atoms with Crippen molar-refractivity contribution in [2.24, 2.45) is 5.73 Å². The first-order valence-electron chi connectivity index (χ1n) is 10.2. The van der Waals surface area contributed by atoms with Crippen LogP contribution in [0.4, 0.5) is 27.8 Å². The molecule has 4 rings (SSSR count). The standard InChI is InChI=1S/C21H15ClF5N7O3/c22-16-15(24)18(29-9-20(36,19(28)35)21(25,26)27)31-17(30-16)13-7-14(12-5-6-37-33-12)34(32-13)8-10-3-1-2-4-11(10)23/h1-7,36H,8-9H2,(H2,28,35)(H,29,30,31)/t20-/m1/s1. The van der Waals surface area contributed by atoms with Gasteiger partial charge in [0.15, 0.2) is 16.8 Å². The Morgan fingerprint density at radius 3 is 2.51 bits per heavy atom. The maximum Gasteiger partial charge on any atom is 0.428 e. The number of nitrogens with zero attached hydrogens (tertiary/aromatic N) is 5. The van der Waals surface area contributed by atoms with Crippen LogP contribution in [0.25, 0.3) is 22.9 Å². The van der Waals surface area contributed by atoms with E-state index in [4.69, 9.17) is 21.9 Å². The van der Waals surface area contributed by atoms with Crippen molar-refractivity contribution in [2.45, 2.75) is 18.3 Å². The van der Waals surface area contributed by atoms with Crippen molar-refractivity contribution < 1.29 is 36.4 Å². The third kappa shape index (κ3) is 5.08. The highest BCUT2D eigenvalue weighted by atomic mass is 35.5. The minimum Gasteiger partial charge on any atom is -0.371 e. The number of aromatic nitrogens is 5. The number of anilines is 1. The predicted octanol–water partition coefficient (Wildman–Crippen LogP) is 3.17. The number of rotatable bonds is 8. The summed E-state index contributed by atoms with van der Waals surface area (Å²) in [6, 6.07) is 8.79. The molecule has 1 aromatic carbocycles. The summed E-state index contributed by atoms with van der Waals surface area (Å²) in [6.07, 6.45) is -4.19. The lowest BCUT2D eigenvalue weighted by Gasteiger charge is -2.27. The topological polar surface area (TPSA) is 145 Å². The summed E-state index contributed by atoms with van der Waals surface area (Å²) < 4.78 is 74.5. The second kappa shape index (κ2) is 9.74. The Kier molecular flexibility index (Phi) is 6.84. The summed E-state index contributed by atoms with van der Waals surface area (Å²) in [5.41, 5.74) is 1.49. The number of hydrogen-bond donors (Lipinski definition) is 3. The lowest BCUT2D eigenvalue weighted by atomic mass is 10.0. The Morgan fingerprint density at radius 1 is 1.16 bits per heavy atom. The van der Waals surface area contributed by atoms with Gasteiger partial charge in [0.05, 0.1) is 18.8 Å². The third-order valence-electron chi connectivity index (χ3n) is 5.19. The van der Waals surface area contributed by atoms with Crippen molar-refractivity contribution in [2.75, 3.05) is 11.9 Å². The fraction of sp³-hybridized carbons (Fsp3) is 0.190. The van der Waals surface area contributed by atoms with E-state index in [1.807, 2.05) is 5.32 Å². The van der Waals surface area contributed by atoms with Crippen LogP contribution in [0.3, 0.4) is 0 Å². The number of alkyl halides is 3. The number of aliphatic hydroxyl groups is 1. The van der Waals surface area contributed by atoms with E-state index in [9.17, 15) is 31.9 Å². The molecule has 4 N–H and O–H groups in total. The quantitative estimate of drug-likeness (QED) is 0.227. The Labute approximate surface area is 208 Å². The third-order valence-corrected chi connectivity index (χ3v) is 5.44. The average Bonchev–Trinajstić information content (AvgIpc) is 3.50. The van der Waals surface area contributed by atoms with Gasteiger partial charge in [0.2, 0.25) is 5.82 Å². The predicted molar refractivity (Wildman–Crippen MR) is 118 cm³/mol. The van der Waals surface area contributed by atoms with Gasteiger partial charge >= 0.3 is 6.18 Å². The van der Waals surface area contributed by atoms with E-state index in [-0.39, 0.29) is 23.6 Å². The highest BCUT2D eigenvalue weighted by molar-refractivity contribution is 6.29. The summed E-state index contributed by atoms with van der Waals surface area (Å²) in [5.74, 6) is -5.20. The van der Waals surface area contributed by atoms with Gasteiger partial charge in [-0.05, 0) is 12.1 Å². The Hall–Kier alpha value is -4.11. The fourth-order valence-corrected chi connectivity index (χ4v) is 3.35. The van der Waals surface area contributed by atoms with E-state index in [0.29, 0.717) is 11.4 Å². The minimum atomic E-state index is -5.47. The molecule has 0 bridgehead atoms. The molecule has 0 radical (unpaired) electrons. The Morgan fingerprint density at radius 2 is 1.89 bits per heavy atom. The maximum absolute atomic E-state index is 14.5. The van der Waals surface area contributed by atoms with Gasteiger partial charge in [0.25, 0.3) is 11.5 Å². The van der Waals surface area contributed by atoms with Crippen LogP contribution in [0, 0.1) is 11.6 Å². The number of hydrogen-bond acceptors (Lipinski definition) is 8. The smallest absolute Gasteiger partial charge is 0.371 e. The fourth-order valence-electron chi connectivity index (χ4n) is 3.18. The zero-order chi connectivity index (χ0) is 27.0. The van der Waals surface area contributed by atoms with Gasteiger partial charge in [-0.2, -0.15) is 22.7 Å². The van der Waals surface area contributed by atoms with E-state index in [1.165, 1.54) is 41.3 Å². The van der Waals surface area contributed by atoms with E-state index in [1.54, 1.807) is 6.07 Å². The van der Waals surface area contributed by atoms with Crippen molar-refractivity contribution in [3.05, 3.63) is 65.0 Å². The second-order valence-corrected chi connectivity index (χ2v) is 7.98. The van der Waals surface area contributed by atoms with Gasteiger partial charge in [-0.3, -0.25) is 9.48 Å². The highest BCUT2D eigenvalue weighted by Gasteiger charge is 2.58. The van der Waals surface area contributed by atoms with Crippen LogP contribution < -0.4 is 11.1 Å². The van der Waals surface area contributed by atoms with Crippen LogP contribution in [0.1, 0.15) is 5.56 Å². The lowest BCUT2D eigenvalue weighted by molar-refractivity contribution is -0.245. The minimum absolute atomic E-state index is 0.0414. The van der Waals surface area contributed by atoms with Gasteiger partial charge in [0.1, 0.15) is 23.5 Å². The lowest BCUT2D eigenvalue weighted by Crippen LogP contribution is -2.59. The monoisotopic (exact) mass is 543 g/mol. The molecule has 0 aliphatic carbocycles. The molecule has 0 aliphatic heterocycles. The molecule has 1 atom stereocenters. The molecule has 3 aromatic heterocycles. The van der Waals surface area contributed by atoms with E-state index in [2.05, 4.69) is 20.2 Å². The molecule has 0 unspecified atom stereocenters. The number of primary amides is 1. The molecule has 16 heteroatoms. The molecular weight excluding hydrogens is 529 g/mol. The molecule has 0 aliphatic rings. The number of carbonyl (C=O) groups is 1. The van der Waals surface area contributed by atoms with E-state index >= 15 is 0 Å². The second-order valence-electron chi connectivity index (χ2n) is 7.63. The molecule has 0 spiro atoms. The molecule has 4 aromatic rings. The zero-order valence-corrected chi connectivity index (χ0v) is 19.1. The zero-order valence-electron chi connectivity index (χ0n) is 18.3. The molecule has 0 saturated heterocycles. The van der Waals surface area contributed by atoms with Crippen molar-refractivity contribution in [3.8, 4) is 22.9 Å². The molecule has 1 amide bonds. The van der Waals surface area contributed by atoms with Crippen LogP contribution in [0.2, 0.25) is 5.15 Å². The maximum atomic E-state index is 14.5. The van der Waals surface area contributed by atoms with Crippen LogP contribution in [0.5, 0.6) is 0 Å². The SMILES string of the molecule is NC(=O)[C@](O)(CNc1nc(-c2cc(-c3ccon3)n(Cc3ccccc3F)n2)nc(Cl)c1F)C(F)(F)F. The van der Waals surface area contributed by atoms with Crippen molar-refractivity contribution >= 4 is 23.3 Å². The molecule has 0 saturated carbocycles. The van der Waals surface area contributed by atoms with Crippen molar-refractivity contribution in [1.29, 1.82) is 0 Å². The number of carbonyl (C=O) groups excluding carboxylic acids is 1. The molecule has 10 nitrogen and oxygen atoms in total. The first kappa shape index (κ1) is 26.0. The van der Waals surface area contributed by atoms with Crippen LogP contribution in [0.15, 0.2) is 47.2 Å². The average molecular weight is 544 g/mol. The summed E-state index contributed by atoms with van der Waals surface area (Å²) in [6.45, 7) is -1.65. The molecular formula is C21H15ClF5N7O3. The van der Waals surface area contributed by atoms with Crippen molar-refractivity contribution in [1.82, 2.24) is 24.9 Å². The van der Waals surface area contributed by atoms with Crippen LogP contribution in [-0.2, 0) is 11.3 Å². The van der Waals surface area contributed by atoms with Gasteiger partial charge in [-0.15, -0.1) is 0 Å². The number of amides is 1. The number of halogens is 6. The Balaban J connectivity index is 1.73. The summed E-state index contributed by atoms with van der Waals surface area (Å²) >= 11 is 5.81. The van der Waals surface area contributed by atoms with Crippen LogP contribution in [-0.4, -0.2) is 54.2 Å².